The number of hydrogen-bond donors (Lipinski definition) is 1. The smallest absolute Gasteiger partial charge is 0.235 e. The number of carbonyl (C=O) groups excluding carboxylic acids is 1. The fourth-order valence-electron chi connectivity index (χ4n) is 2.19. The maximum Gasteiger partial charge on any atom is 0.235 e. The van der Waals surface area contributed by atoms with Crippen molar-refractivity contribution in [3.05, 3.63) is 30.3 Å². The van der Waals surface area contributed by atoms with Gasteiger partial charge < -0.3 is 10.2 Å². The minimum absolute atomic E-state index is 0.0296. The SMILES string of the molecule is CC(Sc1ccccc1)C(=O)N(C)C1CCNC1. The Kier molecular flexibility index (Phi) is 4.66. The van der Waals surface area contributed by atoms with Crippen LogP contribution in [0.5, 0.6) is 0 Å². The van der Waals surface area contributed by atoms with Crippen LogP contribution in [0.4, 0.5) is 0 Å². The monoisotopic (exact) mass is 264 g/mol. The van der Waals surface area contributed by atoms with E-state index in [2.05, 4.69) is 5.32 Å². The van der Waals surface area contributed by atoms with Crippen LogP contribution in [0.1, 0.15) is 13.3 Å². The number of hydrogen-bond acceptors (Lipinski definition) is 3. The number of amides is 1. The second-order valence-electron chi connectivity index (χ2n) is 4.67. The molecule has 4 heteroatoms. The summed E-state index contributed by atoms with van der Waals surface area (Å²) in [5, 5.41) is 3.27. The molecule has 3 nitrogen and oxygen atoms in total. The van der Waals surface area contributed by atoms with Gasteiger partial charge in [-0.2, -0.15) is 0 Å². The molecule has 0 radical (unpaired) electrons. The summed E-state index contributed by atoms with van der Waals surface area (Å²) in [7, 11) is 1.92. The van der Waals surface area contributed by atoms with Crippen LogP contribution in [0.2, 0.25) is 0 Å². The minimum atomic E-state index is -0.0296. The maximum absolute atomic E-state index is 12.3. The molecular weight excluding hydrogens is 244 g/mol. The van der Waals surface area contributed by atoms with Gasteiger partial charge in [0.25, 0.3) is 0 Å². The summed E-state index contributed by atoms with van der Waals surface area (Å²) in [6.07, 6.45) is 1.06. The first-order valence-electron chi connectivity index (χ1n) is 6.37. The van der Waals surface area contributed by atoms with Crippen molar-refractivity contribution in [2.24, 2.45) is 0 Å². The number of carbonyl (C=O) groups is 1. The van der Waals surface area contributed by atoms with Crippen LogP contribution >= 0.6 is 11.8 Å². The average Bonchev–Trinajstić information content (AvgIpc) is 2.92. The van der Waals surface area contributed by atoms with Gasteiger partial charge in [0.1, 0.15) is 0 Å². The van der Waals surface area contributed by atoms with Gasteiger partial charge >= 0.3 is 0 Å². The summed E-state index contributed by atoms with van der Waals surface area (Å²) < 4.78 is 0. The van der Waals surface area contributed by atoms with E-state index >= 15 is 0 Å². The molecule has 0 aromatic heterocycles. The van der Waals surface area contributed by atoms with Crippen molar-refractivity contribution in [3.63, 3.8) is 0 Å². The number of thioether (sulfide) groups is 1. The van der Waals surface area contributed by atoms with E-state index in [-0.39, 0.29) is 11.2 Å². The molecule has 0 aliphatic carbocycles. The first kappa shape index (κ1) is 13.4. The highest BCUT2D eigenvalue weighted by Gasteiger charge is 2.26. The first-order chi connectivity index (χ1) is 8.68. The summed E-state index contributed by atoms with van der Waals surface area (Å²) in [4.78, 5) is 15.4. The van der Waals surface area contributed by atoms with Gasteiger partial charge in [0.05, 0.1) is 5.25 Å². The van der Waals surface area contributed by atoms with E-state index in [1.54, 1.807) is 11.8 Å². The summed E-state index contributed by atoms with van der Waals surface area (Å²) in [6, 6.07) is 10.5. The van der Waals surface area contributed by atoms with Gasteiger partial charge in [-0.25, -0.2) is 0 Å². The third kappa shape index (κ3) is 3.27. The highest BCUT2D eigenvalue weighted by molar-refractivity contribution is 8.00. The van der Waals surface area contributed by atoms with Gasteiger partial charge in [0.2, 0.25) is 5.91 Å². The molecule has 2 unspecified atom stereocenters. The molecule has 18 heavy (non-hydrogen) atoms. The summed E-state index contributed by atoms with van der Waals surface area (Å²) in [6.45, 7) is 3.92. The Bertz CT molecular complexity index is 390. The lowest BCUT2D eigenvalue weighted by molar-refractivity contribution is -0.130. The molecule has 1 fully saturated rings. The molecule has 1 aliphatic rings. The topological polar surface area (TPSA) is 32.3 Å². The van der Waals surface area contributed by atoms with Gasteiger partial charge in [0, 0.05) is 24.5 Å². The Labute approximate surface area is 113 Å². The Balaban J connectivity index is 1.91. The van der Waals surface area contributed by atoms with E-state index in [0.717, 1.165) is 24.4 Å². The molecule has 1 aliphatic heterocycles. The highest BCUT2D eigenvalue weighted by Crippen LogP contribution is 2.24. The van der Waals surface area contributed by atoms with Gasteiger partial charge in [-0.15, -0.1) is 11.8 Å². The summed E-state index contributed by atoms with van der Waals surface area (Å²) >= 11 is 1.63. The maximum atomic E-state index is 12.3. The normalized spacial score (nSPS) is 20.7. The van der Waals surface area contributed by atoms with Crippen LogP contribution in [0, 0.1) is 0 Å². The Morgan fingerprint density at radius 3 is 2.78 bits per heavy atom. The molecule has 1 aromatic carbocycles. The van der Waals surface area contributed by atoms with Crippen LogP contribution in [0.15, 0.2) is 35.2 Å². The van der Waals surface area contributed by atoms with Gasteiger partial charge in [0.15, 0.2) is 0 Å². The van der Waals surface area contributed by atoms with E-state index in [1.165, 1.54) is 0 Å². The van der Waals surface area contributed by atoms with Crippen molar-refractivity contribution < 1.29 is 4.79 Å². The van der Waals surface area contributed by atoms with Crippen molar-refractivity contribution in [1.29, 1.82) is 0 Å². The lowest BCUT2D eigenvalue weighted by Crippen LogP contribution is -2.42. The molecule has 1 aromatic rings. The molecule has 1 N–H and O–H groups in total. The Hall–Kier alpha value is -1.00. The standard InChI is InChI=1S/C14H20N2OS/c1-11(18-13-6-4-3-5-7-13)14(17)16(2)12-8-9-15-10-12/h3-7,11-12,15H,8-10H2,1-2H3. The number of benzene rings is 1. The lowest BCUT2D eigenvalue weighted by Gasteiger charge is -2.26. The molecule has 0 saturated carbocycles. The molecule has 1 saturated heterocycles. The second-order valence-corrected chi connectivity index (χ2v) is 6.08. The fourth-order valence-corrected chi connectivity index (χ4v) is 3.18. The van der Waals surface area contributed by atoms with Crippen LogP contribution in [0.3, 0.4) is 0 Å². The van der Waals surface area contributed by atoms with E-state index in [1.807, 2.05) is 49.2 Å². The Morgan fingerprint density at radius 1 is 1.44 bits per heavy atom. The third-order valence-electron chi connectivity index (χ3n) is 3.33. The molecular formula is C14H20N2OS. The predicted octanol–water partition coefficient (Wildman–Crippen LogP) is 1.99. The number of likely N-dealkylation sites (N-methyl/N-ethyl adjacent to an activating group) is 1. The van der Waals surface area contributed by atoms with E-state index < -0.39 is 0 Å². The summed E-state index contributed by atoms with van der Waals surface area (Å²) in [5.74, 6) is 0.220. The molecule has 2 atom stereocenters. The van der Waals surface area contributed by atoms with Crippen molar-refractivity contribution in [3.8, 4) is 0 Å². The first-order valence-corrected chi connectivity index (χ1v) is 7.25. The van der Waals surface area contributed by atoms with Gasteiger partial charge in [-0.05, 0) is 32.0 Å². The van der Waals surface area contributed by atoms with Crippen molar-refractivity contribution in [2.75, 3.05) is 20.1 Å². The van der Waals surface area contributed by atoms with Crippen LogP contribution in [0.25, 0.3) is 0 Å². The number of nitrogens with one attached hydrogen (secondary N) is 1. The molecule has 0 bridgehead atoms. The number of nitrogens with zero attached hydrogens (tertiary/aromatic N) is 1. The van der Waals surface area contributed by atoms with Gasteiger partial charge in [-0.3, -0.25) is 4.79 Å². The molecule has 1 heterocycles. The van der Waals surface area contributed by atoms with Crippen LogP contribution < -0.4 is 5.32 Å². The van der Waals surface area contributed by atoms with E-state index in [4.69, 9.17) is 0 Å². The molecule has 0 spiro atoms. The average molecular weight is 264 g/mol. The molecule has 98 valence electrons. The van der Waals surface area contributed by atoms with E-state index in [9.17, 15) is 4.79 Å². The fraction of sp³-hybridized carbons (Fsp3) is 0.500. The third-order valence-corrected chi connectivity index (χ3v) is 4.43. The van der Waals surface area contributed by atoms with Crippen LogP contribution in [-0.2, 0) is 4.79 Å². The highest BCUT2D eigenvalue weighted by atomic mass is 32.2. The van der Waals surface area contributed by atoms with Crippen molar-refractivity contribution in [1.82, 2.24) is 10.2 Å². The quantitative estimate of drug-likeness (QED) is 0.844. The zero-order chi connectivity index (χ0) is 13.0. The molecule has 1 amide bonds. The lowest BCUT2D eigenvalue weighted by atomic mass is 10.2. The van der Waals surface area contributed by atoms with Crippen molar-refractivity contribution >= 4 is 17.7 Å². The molecule has 2 rings (SSSR count). The van der Waals surface area contributed by atoms with Crippen LogP contribution in [-0.4, -0.2) is 42.2 Å². The van der Waals surface area contributed by atoms with E-state index in [0.29, 0.717) is 6.04 Å². The zero-order valence-electron chi connectivity index (χ0n) is 10.9. The van der Waals surface area contributed by atoms with Gasteiger partial charge in [-0.1, -0.05) is 18.2 Å². The Morgan fingerprint density at radius 2 is 2.17 bits per heavy atom. The predicted molar refractivity (Wildman–Crippen MR) is 75.8 cm³/mol. The minimum Gasteiger partial charge on any atom is -0.340 e. The summed E-state index contributed by atoms with van der Waals surface area (Å²) in [5.41, 5.74) is 0. The zero-order valence-corrected chi connectivity index (χ0v) is 11.7. The number of rotatable bonds is 4. The second kappa shape index (κ2) is 6.25. The largest absolute Gasteiger partial charge is 0.340 e. The van der Waals surface area contributed by atoms with Crippen molar-refractivity contribution in [2.45, 2.75) is 29.5 Å².